The van der Waals surface area contributed by atoms with Crippen molar-refractivity contribution in [2.24, 2.45) is 0 Å². The van der Waals surface area contributed by atoms with Gasteiger partial charge in [-0.05, 0) is 25.5 Å². The van der Waals surface area contributed by atoms with Gasteiger partial charge < -0.3 is 0 Å². The van der Waals surface area contributed by atoms with Crippen LogP contribution in [0.5, 0.6) is 0 Å². The molecule has 0 aliphatic rings. The van der Waals surface area contributed by atoms with E-state index in [0.717, 1.165) is 10.5 Å². The zero-order chi connectivity index (χ0) is 9.19. The summed E-state index contributed by atoms with van der Waals surface area (Å²) in [5, 5.41) is 0. The maximum Gasteiger partial charge on any atom is 0.0514 e. The Bertz CT molecular complexity index is 318. The highest BCUT2D eigenvalue weighted by Gasteiger charge is 2.18. The lowest BCUT2D eigenvalue weighted by atomic mass is 9.86. The molecule has 0 saturated carbocycles. The molecule has 0 nitrogen and oxygen atoms in total. The zero-order valence-electron chi connectivity index (χ0n) is 7.33. The predicted molar refractivity (Wildman–Crippen MR) is 55.6 cm³/mol. The standard InChI is InChI=1S/C11H12S/c1-4-11(2,3)9-7-5-6-8-10(9)12/h1,5-8,12H,2-3H3. The molecule has 1 aromatic carbocycles. The van der Waals surface area contributed by atoms with Gasteiger partial charge in [0, 0.05) is 4.90 Å². The summed E-state index contributed by atoms with van der Waals surface area (Å²) in [4.78, 5) is 0.959. The van der Waals surface area contributed by atoms with Crippen molar-refractivity contribution in [3.8, 4) is 12.3 Å². The Labute approximate surface area is 79.4 Å². The fourth-order valence-corrected chi connectivity index (χ4v) is 1.52. The van der Waals surface area contributed by atoms with Gasteiger partial charge in [-0.25, -0.2) is 0 Å². The van der Waals surface area contributed by atoms with Gasteiger partial charge in [0.25, 0.3) is 0 Å². The van der Waals surface area contributed by atoms with Gasteiger partial charge in [-0.2, -0.15) is 0 Å². The summed E-state index contributed by atoms with van der Waals surface area (Å²) < 4.78 is 0. The van der Waals surface area contributed by atoms with Gasteiger partial charge in [-0.1, -0.05) is 24.1 Å². The van der Waals surface area contributed by atoms with Crippen LogP contribution in [0, 0.1) is 12.3 Å². The van der Waals surface area contributed by atoms with Crippen LogP contribution in [-0.2, 0) is 5.41 Å². The van der Waals surface area contributed by atoms with Crippen molar-refractivity contribution >= 4 is 12.6 Å². The van der Waals surface area contributed by atoms with Crippen LogP contribution in [0.4, 0.5) is 0 Å². The van der Waals surface area contributed by atoms with Crippen LogP contribution in [0.2, 0.25) is 0 Å². The average molecular weight is 176 g/mol. The first-order chi connectivity index (χ1) is 5.58. The third-order valence-corrected chi connectivity index (χ3v) is 2.33. The van der Waals surface area contributed by atoms with Crippen LogP contribution >= 0.6 is 12.6 Å². The summed E-state index contributed by atoms with van der Waals surface area (Å²) in [6.45, 7) is 4.03. The SMILES string of the molecule is C#CC(C)(C)c1ccccc1S. The number of terminal acetylenes is 1. The molecule has 0 unspecified atom stereocenters. The quantitative estimate of drug-likeness (QED) is 0.493. The van der Waals surface area contributed by atoms with E-state index in [9.17, 15) is 0 Å². The van der Waals surface area contributed by atoms with E-state index in [1.807, 2.05) is 38.1 Å². The maximum atomic E-state index is 5.42. The molecule has 0 aliphatic carbocycles. The molecule has 0 amide bonds. The van der Waals surface area contributed by atoms with Crippen molar-refractivity contribution in [3.05, 3.63) is 29.8 Å². The molecule has 0 atom stereocenters. The lowest BCUT2D eigenvalue weighted by Gasteiger charge is -2.19. The smallest absolute Gasteiger partial charge is 0.0514 e. The van der Waals surface area contributed by atoms with Crippen LogP contribution in [0.15, 0.2) is 29.2 Å². The number of hydrogen-bond donors (Lipinski definition) is 1. The van der Waals surface area contributed by atoms with Gasteiger partial charge in [0.2, 0.25) is 0 Å². The Morgan fingerprint density at radius 1 is 1.33 bits per heavy atom. The molecule has 1 rings (SSSR count). The number of hydrogen-bond acceptors (Lipinski definition) is 1. The molecular formula is C11H12S. The third kappa shape index (κ3) is 1.65. The lowest BCUT2D eigenvalue weighted by molar-refractivity contribution is 0.683. The highest BCUT2D eigenvalue weighted by molar-refractivity contribution is 7.80. The maximum absolute atomic E-state index is 5.42. The molecule has 1 aromatic rings. The fraction of sp³-hybridized carbons (Fsp3) is 0.273. The first-order valence-corrected chi connectivity index (χ1v) is 4.29. The molecule has 0 aromatic heterocycles. The first-order valence-electron chi connectivity index (χ1n) is 3.84. The molecule has 1 heteroatoms. The summed E-state index contributed by atoms with van der Waals surface area (Å²) in [6.07, 6.45) is 5.42. The Morgan fingerprint density at radius 2 is 1.92 bits per heavy atom. The molecule has 62 valence electrons. The monoisotopic (exact) mass is 176 g/mol. The summed E-state index contributed by atoms with van der Waals surface area (Å²) in [6, 6.07) is 7.91. The average Bonchev–Trinajstić information content (AvgIpc) is 2.05. The Balaban J connectivity index is 3.22. The second kappa shape index (κ2) is 3.25. The van der Waals surface area contributed by atoms with E-state index >= 15 is 0 Å². The lowest BCUT2D eigenvalue weighted by Crippen LogP contribution is -2.14. The third-order valence-electron chi connectivity index (χ3n) is 1.94. The van der Waals surface area contributed by atoms with Crippen molar-refractivity contribution in [2.75, 3.05) is 0 Å². The van der Waals surface area contributed by atoms with Crippen LogP contribution in [0.3, 0.4) is 0 Å². The van der Waals surface area contributed by atoms with Crippen LogP contribution in [-0.4, -0.2) is 0 Å². The molecule has 0 heterocycles. The minimum Gasteiger partial charge on any atom is -0.143 e. The molecular weight excluding hydrogens is 164 g/mol. The van der Waals surface area contributed by atoms with Crippen molar-refractivity contribution in [1.82, 2.24) is 0 Å². The summed E-state index contributed by atoms with van der Waals surface area (Å²) >= 11 is 4.35. The molecule has 0 fully saturated rings. The Kier molecular flexibility index (Phi) is 2.49. The first kappa shape index (κ1) is 9.22. The minimum absolute atomic E-state index is 0.224. The van der Waals surface area contributed by atoms with Crippen LogP contribution in [0.1, 0.15) is 19.4 Å². The molecule has 12 heavy (non-hydrogen) atoms. The Hall–Kier alpha value is -0.870. The van der Waals surface area contributed by atoms with Crippen molar-refractivity contribution in [3.63, 3.8) is 0 Å². The van der Waals surface area contributed by atoms with Gasteiger partial charge in [-0.15, -0.1) is 19.1 Å². The largest absolute Gasteiger partial charge is 0.143 e. The summed E-state index contributed by atoms with van der Waals surface area (Å²) in [5.74, 6) is 2.75. The second-order valence-electron chi connectivity index (χ2n) is 3.29. The van der Waals surface area contributed by atoms with E-state index in [4.69, 9.17) is 6.42 Å². The van der Waals surface area contributed by atoms with Crippen molar-refractivity contribution in [1.29, 1.82) is 0 Å². The number of thiol groups is 1. The minimum atomic E-state index is -0.224. The second-order valence-corrected chi connectivity index (χ2v) is 3.77. The molecule has 0 N–H and O–H groups in total. The molecule has 0 spiro atoms. The van der Waals surface area contributed by atoms with Gasteiger partial charge >= 0.3 is 0 Å². The van der Waals surface area contributed by atoms with E-state index in [-0.39, 0.29) is 5.41 Å². The van der Waals surface area contributed by atoms with Crippen molar-refractivity contribution in [2.45, 2.75) is 24.2 Å². The van der Waals surface area contributed by atoms with Gasteiger partial charge in [0.05, 0.1) is 5.41 Å². The van der Waals surface area contributed by atoms with E-state index < -0.39 is 0 Å². The number of rotatable bonds is 1. The van der Waals surface area contributed by atoms with Crippen molar-refractivity contribution < 1.29 is 0 Å². The van der Waals surface area contributed by atoms with Gasteiger partial charge in [0.1, 0.15) is 0 Å². The van der Waals surface area contributed by atoms with E-state index in [1.54, 1.807) is 0 Å². The summed E-state index contributed by atoms with van der Waals surface area (Å²) in [5.41, 5.74) is 0.883. The van der Waals surface area contributed by atoms with Crippen LogP contribution < -0.4 is 0 Å². The molecule has 0 bridgehead atoms. The fourth-order valence-electron chi connectivity index (χ4n) is 1.08. The topological polar surface area (TPSA) is 0 Å². The molecule has 0 aliphatic heterocycles. The van der Waals surface area contributed by atoms with Gasteiger partial charge in [0.15, 0.2) is 0 Å². The van der Waals surface area contributed by atoms with Gasteiger partial charge in [-0.3, -0.25) is 0 Å². The predicted octanol–water partition coefficient (Wildman–Crippen LogP) is 2.89. The summed E-state index contributed by atoms with van der Waals surface area (Å²) in [7, 11) is 0. The number of benzene rings is 1. The van der Waals surface area contributed by atoms with E-state index in [0.29, 0.717) is 0 Å². The van der Waals surface area contributed by atoms with E-state index in [2.05, 4.69) is 18.5 Å². The highest BCUT2D eigenvalue weighted by Crippen LogP contribution is 2.27. The Morgan fingerprint density at radius 3 is 2.42 bits per heavy atom. The molecule has 0 saturated heterocycles. The van der Waals surface area contributed by atoms with E-state index in [1.165, 1.54) is 0 Å². The zero-order valence-corrected chi connectivity index (χ0v) is 8.23. The highest BCUT2D eigenvalue weighted by atomic mass is 32.1. The normalized spacial score (nSPS) is 10.8. The molecule has 0 radical (unpaired) electrons. The van der Waals surface area contributed by atoms with Crippen LogP contribution in [0.25, 0.3) is 0 Å².